The summed E-state index contributed by atoms with van der Waals surface area (Å²) in [5, 5.41) is 14.5. The molecule has 1 aliphatic rings. The maximum atomic E-state index is 6.20. The number of likely N-dealkylation sites (tertiary alicyclic amines) is 1. The highest BCUT2D eigenvalue weighted by Gasteiger charge is 2.19. The van der Waals surface area contributed by atoms with Gasteiger partial charge in [-0.3, -0.25) is 0 Å². The van der Waals surface area contributed by atoms with E-state index in [1.165, 1.54) is 0 Å². The molecule has 21 heavy (non-hydrogen) atoms. The predicted octanol–water partition coefficient (Wildman–Crippen LogP) is 3.75. The molecular weight excluding hydrogens is 304 g/mol. The fourth-order valence-electron chi connectivity index (χ4n) is 2.59. The molecule has 0 saturated carbocycles. The molecule has 1 aromatic heterocycles. The first-order valence-corrected chi connectivity index (χ1v) is 8.53. The van der Waals surface area contributed by atoms with Crippen LogP contribution in [0.5, 0.6) is 0 Å². The van der Waals surface area contributed by atoms with E-state index < -0.39 is 0 Å². The third kappa shape index (κ3) is 3.54. The van der Waals surface area contributed by atoms with E-state index in [0.717, 1.165) is 53.2 Å². The molecule has 2 heterocycles. The summed E-state index contributed by atoms with van der Waals surface area (Å²) in [5.41, 5.74) is 0.950. The molecule has 6 heteroatoms. The van der Waals surface area contributed by atoms with Crippen molar-refractivity contribution in [3.8, 4) is 10.6 Å². The van der Waals surface area contributed by atoms with E-state index in [4.69, 9.17) is 11.6 Å². The molecule has 112 valence electrons. The highest BCUT2D eigenvalue weighted by molar-refractivity contribution is 7.18. The molecule has 0 spiro atoms. The molecule has 1 aromatic carbocycles. The summed E-state index contributed by atoms with van der Waals surface area (Å²) < 4.78 is 0. The van der Waals surface area contributed by atoms with Crippen LogP contribution in [-0.4, -0.2) is 40.8 Å². The Kier molecular flexibility index (Phi) is 4.73. The number of nitrogens with zero attached hydrogens (tertiary/aromatic N) is 3. The van der Waals surface area contributed by atoms with Gasteiger partial charge in [0.1, 0.15) is 0 Å². The Hall–Kier alpha value is -1.17. The Morgan fingerprint density at radius 2 is 2.05 bits per heavy atom. The lowest BCUT2D eigenvalue weighted by Crippen LogP contribution is -2.38. The standard InChI is InChI=1S/C15H19ClN4S/c1-2-20-9-7-11(8-10-20)17-15-19-18-14(21-15)12-5-3-4-6-13(12)16/h3-6,11H,2,7-10H2,1H3,(H,17,19). The lowest BCUT2D eigenvalue weighted by Gasteiger charge is -2.31. The van der Waals surface area contributed by atoms with E-state index in [0.29, 0.717) is 6.04 Å². The summed E-state index contributed by atoms with van der Waals surface area (Å²) >= 11 is 7.77. The van der Waals surface area contributed by atoms with Crippen LogP contribution in [0.25, 0.3) is 10.6 Å². The molecule has 1 N–H and O–H groups in total. The molecule has 0 radical (unpaired) electrons. The number of halogens is 1. The number of hydrogen-bond acceptors (Lipinski definition) is 5. The SMILES string of the molecule is CCN1CCC(Nc2nnc(-c3ccccc3Cl)s2)CC1. The third-order valence-electron chi connectivity index (χ3n) is 3.89. The van der Waals surface area contributed by atoms with E-state index in [1.807, 2.05) is 24.3 Å². The molecule has 1 aliphatic heterocycles. The van der Waals surface area contributed by atoms with Crippen LogP contribution in [0.1, 0.15) is 19.8 Å². The lowest BCUT2D eigenvalue weighted by atomic mass is 10.1. The fourth-order valence-corrected chi connectivity index (χ4v) is 3.73. The van der Waals surface area contributed by atoms with Crippen molar-refractivity contribution in [1.82, 2.24) is 15.1 Å². The topological polar surface area (TPSA) is 41.0 Å². The van der Waals surface area contributed by atoms with Crippen molar-refractivity contribution >= 4 is 28.1 Å². The minimum absolute atomic E-state index is 0.500. The summed E-state index contributed by atoms with van der Waals surface area (Å²) in [4.78, 5) is 2.48. The zero-order valence-corrected chi connectivity index (χ0v) is 13.6. The van der Waals surface area contributed by atoms with Gasteiger partial charge in [-0.05, 0) is 25.5 Å². The van der Waals surface area contributed by atoms with Crippen molar-refractivity contribution in [1.29, 1.82) is 0 Å². The maximum absolute atomic E-state index is 6.20. The second-order valence-electron chi connectivity index (χ2n) is 5.25. The Morgan fingerprint density at radius 1 is 1.29 bits per heavy atom. The van der Waals surface area contributed by atoms with Crippen LogP contribution < -0.4 is 5.32 Å². The fraction of sp³-hybridized carbons (Fsp3) is 0.467. The van der Waals surface area contributed by atoms with E-state index in [-0.39, 0.29) is 0 Å². The van der Waals surface area contributed by atoms with Gasteiger partial charge in [0.25, 0.3) is 0 Å². The van der Waals surface area contributed by atoms with Crippen molar-refractivity contribution in [2.24, 2.45) is 0 Å². The van der Waals surface area contributed by atoms with Crippen LogP contribution in [0.4, 0.5) is 5.13 Å². The predicted molar refractivity (Wildman–Crippen MR) is 89.1 cm³/mol. The van der Waals surface area contributed by atoms with Crippen LogP contribution in [0.15, 0.2) is 24.3 Å². The van der Waals surface area contributed by atoms with Gasteiger partial charge in [0.15, 0.2) is 5.01 Å². The quantitative estimate of drug-likeness (QED) is 0.930. The van der Waals surface area contributed by atoms with Gasteiger partial charge in [-0.25, -0.2) is 0 Å². The van der Waals surface area contributed by atoms with Crippen LogP contribution in [0.2, 0.25) is 5.02 Å². The first-order valence-electron chi connectivity index (χ1n) is 7.33. The zero-order chi connectivity index (χ0) is 14.7. The summed E-state index contributed by atoms with van der Waals surface area (Å²) in [6.07, 6.45) is 2.32. The van der Waals surface area contributed by atoms with E-state index in [1.54, 1.807) is 11.3 Å². The van der Waals surface area contributed by atoms with E-state index in [9.17, 15) is 0 Å². The number of rotatable bonds is 4. The van der Waals surface area contributed by atoms with E-state index >= 15 is 0 Å². The molecule has 0 atom stereocenters. The number of aromatic nitrogens is 2. The molecule has 0 aliphatic carbocycles. The van der Waals surface area contributed by atoms with Gasteiger partial charge in [-0.1, -0.05) is 48.1 Å². The minimum Gasteiger partial charge on any atom is -0.357 e. The van der Waals surface area contributed by atoms with Crippen molar-refractivity contribution < 1.29 is 0 Å². The van der Waals surface area contributed by atoms with Crippen LogP contribution in [0.3, 0.4) is 0 Å². The Bertz CT molecular complexity index is 593. The second kappa shape index (κ2) is 6.73. The number of hydrogen-bond donors (Lipinski definition) is 1. The molecule has 1 fully saturated rings. The summed E-state index contributed by atoms with van der Waals surface area (Å²) in [6.45, 7) is 5.67. The Balaban J connectivity index is 1.65. The summed E-state index contributed by atoms with van der Waals surface area (Å²) in [7, 11) is 0. The van der Waals surface area contributed by atoms with Gasteiger partial charge in [-0.2, -0.15) is 0 Å². The summed E-state index contributed by atoms with van der Waals surface area (Å²) in [6, 6.07) is 8.25. The first kappa shape index (κ1) is 14.8. The average Bonchev–Trinajstić information content (AvgIpc) is 2.97. The van der Waals surface area contributed by atoms with Gasteiger partial charge < -0.3 is 10.2 Å². The Morgan fingerprint density at radius 3 is 2.76 bits per heavy atom. The second-order valence-corrected chi connectivity index (χ2v) is 6.63. The monoisotopic (exact) mass is 322 g/mol. The van der Waals surface area contributed by atoms with Crippen molar-refractivity contribution in [2.75, 3.05) is 25.0 Å². The van der Waals surface area contributed by atoms with Crippen LogP contribution >= 0.6 is 22.9 Å². The average molecular weight is 323 g/mol. The maximum Gasteiger partial charge on any atom is 0.206 e. The number of piperidine rings is 1. The number of anilines is 1. The highest BCUT2D eigenvalue weighted by Crippen LogP contribution is 2.32. The van der Waals surface area contributed by atoms with Crippen molar-refractivity contribution in [3.05, 3.63) is 29.3 Å². The molecule has 2 aromatic rings. The normalized spacial score (nSPS) is 17.0. The van der Waals surface area contributed by atoms with Gasteiger partial charge in [0.2, 0.25) is 5.13 Å². The molecule has 0 amide bonds. The largest absolute Gasteiger partial charge is 0.357 e. The third-order valence-corrected chi connectivity index (χ3v) is 5.11. The highest BCUT2D eigenvalue weighted by atomic mass is 35.5. The number of benzene rings is 1. The molecule has 3 rings (SSSR count). The smallest absolute Gasteiger partial charge is 0.206 e. The summed E-state index contributed by atoms with van der Waals surface area (Å²) in [5.74, 6) is 0. The van der Waals surface area contributed by atoms with Crippen molar-refractivity contribution in [2.45, 2.75) is 25.8 Å². The number of nitrogens with one attached hydrogen (secondary N) is 1. The van der Waals surface area contributed by atoms with Gasteiger partial charge >= 0.3 is 0 Å². The van der Waals surface area contributed by atoms with Crippen LogP contribution in [-0.2, 0) is 0 Å². The zero-order valence-electron chi connectivity index (χ0n) is 12.1. The lowest BCUT2D eigenvalue weighted by molar-refractivity contribution is 0.229. The van der Waals surface area contributed by atoms with E-state index in [2.05, 4.69) is 27.3 Å². The van der Waals surface area contributed by atoms with Gasteiger partial charge in [0, 0.05) is 24.7 Å². The minimum atomic E-state index is 0.500. The molecular formula is C15H19ClN4S. The molecule has 0 bridgehead atoms. The first-order chi connectivity index (χ1) is 10.3. The molecule has 1 saturated heterocycles. The Labute approximate surface area is 134 Å². The molecule has 0 unspecified atom stereocenters. The van der Waals surface area contributed by atoms with Crippen LogP contribution in [0, 0.1) is 0 Å². The van der Waals surface area contributed by atoms with Gasteiger partial charge in [-0.15, -0.1) is 10.2 Å². The van der Waals surface area contributed by atoms with Crippen molar-refractivity contribution in [3.63, 3.8) is 0 Å². The molecule has 4 nitrogen and oxygen atoms in total. The van der Waals surface area contributed by atoms with Gasteiger partial charge in [0.05, 0.1) is 5.02 Å².